The van der Waals surface area contributed by atoms with E-state index in [-0.39, 0.29) is 29.2 Å². The maximum atomic E-state index is 14.0. The number of ether oxygens (including phenoxy) is 2. The lowest BCUT2D eigenvalue weighted by Gasteiger charge is -2.39. The van der Waals surface area contributed by atoms with Crippen LogP contribution < -0.4 is 26.0 Å². The molecule has 1 atom stereocenters. The van der Waals surface area contributed by atoms with E-state index in [9.17, 15) is 13.9 Å². The maximum absolute atomic E-state index is 14.0. The van der Waals surface area contributed by atoms with Gasteiger partial charge in [-0.1, -0.05) is 0 Å². The minimum atomic E-state index is -1.45. The smallest absolute Gasteiger partial charge is 0.232 e. The van der Waals surface area contributed by atoms with Crippen LogP contribution in [0.2, 0.25) is 0 Å². The molecular weight excluding hydrogens is 510 g/mol. The zero-order valence-corrected chi connectivity index (χ0v) is 22.6. The number of rotatable bonds is 9. The van der Waals surface area contributed by atoms with Crippen molar-refractivity contribution >= 4 is 34.6 Å². The fourth-order valence-corrected chi connectivity index (χ4v) is 4.46. The van der Waals surface area contributed by atoms with Gasteiger partial charge < -0.3 is 40.7 Å². The van der Waals surface area contributed by atoms with Crippen LogP contribution in [-0.2, 0) is 10.3 Å². The number of morpholine rings is 1. The van der Waals surface area contributed by atoms with Gasteiger partial charge >= 0.3 is 0 Å². The molecule has 210 valence electrons. The topological polar surface area (TPSA) is 134 Å². The zero-order chi connectivity index (χ0) is 28.3. The summed E-state index contributed by atoms with van der Waals surface area (Å²) in [4.78, 5) is 16.9. The number of anilines is 6. The lowest BCUT2D eigenvalue weighted by Crippen LogP contribution is -2.50. The number of nitrogens with one attached hydrogen (secondary N) is 2. The minimum absolute atomic E-state index is 0.0485. The van der Waals surface area contributed by atoms with Gasteiger partial charge in [0.05, 0.1) is 54.7 Å². The van der Waals surface area contributed by atoms with Crippen LogP contribution in [0.3, 0.4) is 0 Å². The van der Waals surface area contributed by atoms with Crippen molar-refractivity contribution in [2.24, 2.45) is 0 Å². The third kappa shape index (κ3) is 6.61. The summed E-state index contributed by atoms with van der Waals surface area (Å²) in [5.74, 6) is -1.43. The number of nitrogens with two attached hydrogens (primary N) is 1. The van der Waals surface area contributed by atoms with E-state index in [0.29, 0.717) is 36.9 Å². The summed E-state index contributed by atoms with van der Waals surface area (Å²) in [7, 11) is 5.58. The fourth-order valence-electron chi connectivity index (χ4n) is 4.46. The molecule has 0 spiro atoms. The van der Waals surface area contributed by atoms with Crippen molar-refractivity contribution in [3.63, 3.8) is 0 Å². The van der Waals surface area contributed by atoms with Crippen LogP contribution in [0.1, 0.15) is 19.4 Å². The number of benzene rings is 2. The third-order valence-corrected chi connectivity index (χ3v) is 6.25. The molecule has 13 heteroatoms. The second-order valence-electron chi connectivity index (χ2n) is 10.0. The molecular formula is C26H34F2N8O3. The van der Waals surface area contributed by atoms with Gasteiger partial charge in [-0.25, -0.2) is 18.7 Å². The molecule has 1 aliphatic rings. The SMILES string of the molecule is COc1cc(N2CCOC[C@@H]2CN(C)C)c(N)cc1Nc1ncnc(Nc2cc(F)c(F)cc2C(C)(C)O)n1. The highest BCUT2D eigenvalue weighted by atomic mass is 19.2. The molecule has 0 unspecified atom stereocenters. The lowest BCUT2D eigenvalue weighted by molar-refractivity contribution is 0.0789. The molecule has 11 nitrogen and oxygen atoms in total. The number of aliphatic hydroxyl groups is 1. The van der Waals surface area contributed by atoms with E-state index in [2.05, 4.69) is 35.4 Å². The van der Waals surface area contributed by atoms with Gasteiger partial charge in [0.1, 0.15) is 12.1 Å². The van der Waals surface area contributed by atoms with Crippen LogP contribution in [0.5, 0.6) is 5.75 Å². The van der Waals surface area contributed by atoms with Gasteiger partial charge in [0, 0.05) is 30.8 Å². The van der Waals surface area contributed by atoms with E-state index >= 15 is 0 Å². The molecule has 3 aromatic rings. The molecule has 0 radical (unpaired) electrons. The number of hydrogen-bond acceptors (Lipinski definition) is 11. The van der Waals surface area contributed by atoms with Gasteiger partial charge in [-0.2, -0.15) is 4.98 Å². The van der Waals surface area contributed by atoms with E-state index in [1.54, 1.807) is 13.2 Å². The predicted octanol–water partition coefficient (Wildman–Crippen LogP) is 3.22. The Labute approximate surface area is 226 Å². The standard InChI is InChI=1S/C26H34F2N8O3/c1-26(2,37)16-8-17(27)18(28)9-20(16)32-24-30-14-31-25(34-24)33-21-10-19(29)22(11-23(21)38-5)36-6-7-39-13-15(36)12-35(3)4/h8-11,14-15,37H,6-7,12-13,29H2,1-5H3,(H2,30,31,32,33,34)/t15-/m0/s1. The van der Waals surface area contributed by atoms with Crippen molar-refractivity contribution in [3.05, 3.63) is 47.8 Å². The Bertz CT molecular complexity index is 1320. The number of nitrogen functional groups attached to an aromatic ring is 1. The fraction of sp³-hybridized carbons (Fsp3) is 0.423. The van der Waals surface area contributed by atoms with E-state index < -0.39 is 17.2 Å². The number of nitrogens with zero attached hydrogens (tertiary/aromatic N) is 5. The maximum Gasteiger partial charge on any atom is 0.232 e. The quantitative estimate of drug-likeness (QED) is 0.296. The van der Waals surface area contributed by atoms with Crippen LogP contribution in [0.15, 0.2) is 30.6 Å². The average Bonchev–Trinajstić information content (AvgIpc) is 2.86. The second kappa shape index (κ2) is 11.5. The minimum Gasteiger partial charge on any atom is -0.494 e. The number of hydrogen-bond donors (Lipinski definition) is 4. The Morgan fingerprint density at radius 2 is 1.79 bits per heavy atom. The Kier molecular flexibility index (Phi) is 8.33. The van der Waals surface area contributed by atoms with Crippen LogP contribution in [-0.4, -0.2) is 78.5 Å². The van der Waals surface area contributed by atoms with Gasteiger partial charge in [0.25, 0.3) is 0 Å². The largest absolute Gasteiger partial charge is 0.494 e. The van der Waals surface area contributed by atoms with Gasteiger partial charge in [0.15, 0.2) is 11.6 Å². The highest BCUT2D eigenvalue weighted by Gasteiger charge is 2.27. The first-order chi connectivity index (χ1) is 18.5. The monoisotopic (exact) mass is 544 g/mol. The van der Waals surface area contributed by atoms with Crippen molar-refractivity contribution in [3.8, 4) is 5.75 Å². The Balaban J connectivity index is 1.60. The average molecular weight is 545 g/mol. The predicted molar refractivity (Wildman–Crippen MR) is 146 cm³/mol. The Morgan fingerprint density at radius 1 is 1.13 bits per heavy atom. The Morgan fingerprint density at radius 3 is 2.44 bits per heavy atom. The molecule has 1 fully saturated rings. The molecule has 2 heterocycles. The number of halogens is 2. The Hall–Kier alpha value is -3.81. The van der Waals surface area contributed by atoms with Crippen LogP contribution in [0.25, 0.3) is 0 Å². The highest BCUT2D eigenvalue weighted by Crippen LogP contribution is 2.38. The molecule has 1 aliphatic heterocycles. The van der Waals surface area contributed by atoms with Crippen LogP contribution in [0.4, 0.5) is 43.4 Å². The molecule has 0 amide bonds. The number of aromatic nitrogens is 3. The summed E-state index contributed by atoms with van der Waals surface area (Å²) in [6, 6.07) is 5.61. The van der Waals surface area contributed by atoms with Crippen molar-refractivity contribution in [2.75, 3.05) is 68.8 Å². The lowest BCUT2D eigenvalue weighted by atomic mass is 9.96. The van der Waals surface area contributed by atoms with Crippen LogP contribution >= 0.6 is 0 Å². The summed E-state index contributed by atoms with van der Waals surface area (Å²) < 4.78 is 39.2. The molecule has 4 rings (SSSR count). The van der Waals surface area contributed by atoms with Crippen molar-refractivity contribution in [1.29, 1.82) is 0 Å². The third-order valence-electron chi connectivity index (χ3n) is 6.25. The summed E-state index contributed by atoms with van der Waals surface area (Å²) in [5, 5.41) is 16.4. The highest BCUT2D eigenvalue weighted by molar-refractivity contribution is 5.79. The molecule has 0 saturated carbocycles. The van der Waals surface area contributed by atoms with Crippen molar-refractivity contribution in [1.82, 2.24) is 19.9 Å². The normalized spacial score (nSPS) is 15.9. The summed E-state index contributed by atoms with van der Waals surface area (Å²) >= 11 is 0. The first kappa shape index (κ1) is 28.2. The van der Waals surface area contributed by atoms with E-state index in [0.717, 1.165) is 24.4 Å². The molecule has 1 aromatic heterocycles. The van der Waals surface area contributed by atoms with Gasteiger partial charge in [-0.15, -0.1) is 0 Å². The summed E-state index contributed by atoms with van der Waals surface area (Å²) in [6.45, 7) is 5.61. The van der Waals surface area contributed by atoms with Crippen molar-refractivity contribution < 1.29 is 23.4 Å². The first-order valence-corrected chi connectivity index (χ1v) is 12.4. The molecule has 1 saturated heterocycles. The summed E-state index contributed by atoms with van der Waals surface area (Å²) in [5.41, 5.74) is 7.18. The molecule has 0 bridgehead atoms. The van der Waals surface area contributed by atoms with Gasteiger partial charge in [-0.05, 0) is 40.1 Å². The van der Waals surface area contributed by atoms with Crippen molar-refractivity contribution in [2.45, 2.75) is 25.5 Å². The van der Waals surface area contributed by atoms with E-state index in [1.807, 2.05) is 20.2 Å². The molecule has 5 N–H and O–H groups in total. The second-order valence-corrected chi connectivity index (χ2v) is 10.0. The van der Waals surface area contributed by atoms with Gasteiger partial charge in [0.2, 0.25) is 11.9 Å². The zero-order valence-electron chi connectivity index (χ0n) is 22.6. The molecule has 0 aliphatic carbocycles. The first-order valence-electron chi connectivity index (χ1n) is 12.4. The summed E-state index contributed by atoms with van der Waals surface area (Å²) in [6.07, 6.45) is 1.26. The number of methoxy groups -OCH3 is 1. The number of likely N-dealkylation sites (N-methyl/N-ethyl adjacent to an activating group) is 1. The van der Waals surface area contributed by atoms with Crippen LogP contribution in [0, 0.1) is 11.6 Å². The van der Waals surface area contributed by atoms with Gasteiger partial charge in [-0.3, -0.25) is 0 Å². The van der Waals surface area contributed by atoms with E-state index in [4.69, 9.17) is 15.2 Å². The molecule has 39 heavy (non-hydrogen) atoms. The van der Waals surface area contributed by atoms with E-state index in [1.165, 1.54) is 20.2 Å². The molecule has 2 aromatic carbocycles.